The molecule has 0 atom stereocenters. The van der Waals surface area contributed by atoms with Crippen molar-refractivity contribution in [2.45, 2.75) is 71.6 Å². The van der Waals surface area contributed by atoms with Crippen LogP contribution in [0.3, 0.4) is 0 Å². The van der Waals surface area contributed by atoms with Crippen LogP contribution in [-0.2, 0) is 29.4 Å². The van der Waals surface area contributed by atoms with Crippen LogP contribution in [0.5, 0.6) is 0 Å². The third kappa shape index (κ3) is 5.91. The maximum Gasteiger partial charge on any atom is 0.338 e. The molecule has 3 rings (SSSR count). The van der Waals surface area contributed by atoms with Crippen LogP contribution in [0.15, 0.2) is 12.1 Å². The first kappa shape index (κ1) is 24.3. The van der Waals surface area contributed by atoms with Gasteiger partial charge in [0.05, 0.1) is 5.56 Å². The zero-order chi connectivity index (χ0) is 23.1. The number of hydrogen-bond acceptors (Lipinski definition) is 4. The molecular weight excluding hydrogens is 402 g/mol. The molecule has 1 aromatic heterocycles. The number of amides is 1. The van der Waals surface area contributed by atoms with Crippen molar-refractivity contribution in [2.24, 2.45) is 12.8 Å². The molecular formula is C26H39N3O3. The number of aryl methyl sites for hydroxylation is 3. The molecule has 2 heterocycles. The summed E-state index contributed by atoms with van der Waals surface area (Å²) in [5.41, 5.74) is 10.4. The molecule has 176 valence electrons. The maximum absolute atomic E-state index is 12.9. The van der Waals surface area contributed by atoms with Gasteiger partial charge in [0.2, 0.25) is 5.91 Å². The molecule has 0 unspecified atom stereocenters. The van der Waals surface area contributed by atoms with E-state index in [1.807, 2.05) is 13.0 Å². The lowest BCUT2D eigenvalue weighted by Crippen LogP contribution is -2.33. The lowest BCUT2D eigenvalue weighted by molar-refractivity contribution is -0.117. The van der Waals surface area contributed by atoms with Crippen molar-refractivity contribution in [1.29, 1.82) is 0 Å². The number of nitrogens with two attached hydrogens (primary N) is 1. The molecule has 1 aliphatic heterocycles. The van der Waals surface area contributed by atoms with Gasteiger partial charge in [-0.05, 0) is 75.4 Å². The molecule has 6 nitrogen and oxygen atoms in total. The number of nitrogens with zero attached hydrogens (tertiary/aromatic N) is 2. The Morgan fingerprint density at radius 1 is 1.09 bits per heavy atom. The second-order valence-corrected chi connectivity index (χ2v) is 9.13. The van der Waals surface area contributed by atoms with Gasteiger partial charge in [-0.2, -0.15) is 0 Å². The molecule has 0 aliphatic carbocycles. The minimum absolute atomic E-state index is 0.256. The van der Waals surface area contributed by atoms with Crippen molar-refractivity contribution in [2.75, 3.05) is 26.2 Å². The Kier molecular flexibility index (Phi) is 8.74. The number of rotatable bonds is 11. The number of benzene rings is 1. The molecule has 32 heavy (non-hydrogen) atoms. The summed E-state index contributed by atoms with van der Waals surface area (Å²) in [6.45, 7) is 7.58. The van der Waals surface area contributed by atoms with E-state index in [1.165, 1.54) is 36.9 Å². The number of carbonyl (C=O) groups is 2. The van der Waals surface area contributed by atoms with Crippen LogP contribution in [0.2, 0.25) is 0 Å². The van der Waals surface area contributed by atoms with Gasteiger partial charge in [0.25, 0.3) is 0 Å². The monoisotopic (exact) mass is 441 g/mol. The number of carbonyl (C=O) groups excluding carboxylic acids is 2. The van der Waals surface area contributed by atoms with Crippen molar-refractivity contribution in [3.8, 4) is 0 Å². The lowest BCUT2D eigenvalue weighted by atomic mass is 9.99. The average Bonchev–Trinajstić information content (AvgIpc) is 3.02. The van der Waals surface area contributed by atoms with E-state index >= 15 is 0 Å². The first-order valence-corrected chi connectivity index (χ1v) is 12.2. The summed E-state index contributed by atoms with van der Waals surface area (Å²) < 4.78 is 7.83. The molecule has 1 saturated heterocycles. The van der Waals surface area contributed by atoms with Gasteiger partial charge in [-0.1, -0.05) is 26.2 Å². The van der Waals surface area contributed by atoms with Crippen LogP contribution in [0.4, 0.5) is 0 Å². The molecule has 0 bridgehead atoms. The van der Waals surface area contributed by atoms with Gasteiger partial charge >= 0.3 is 5.97 Å². The fraction of sp³-hybridized carbons (Fsp3) is 0.615. The van der Waals surface area contributed by atoms with E-state index in [9.17, 15) is 9.59 Å². The highest BCUT2D eigenvalue weighted by atomic mass is 16.5. The van der Waals surface area contributed by atoms with E-state index in [0.29, 0.717) is 25.0 Å². The zero-order valence-electron chi connectivity index (χ0n) is 20.0. The van der Waals surface area contributed by atoms with Gasteiger partial charge in [0.1, 0.15) is 6.61 Å². The Morgan fingerprint density at radius 3 is 2.53 bits per heavy atom. The summed E-state index contributed by atoms with van der Waals surface area (Å²) in [4.78, 5) is 26.7. The first-order chi connectivity index (χ1) is 15.4. The van der Waals surface area contributed by atoms with Crippen molar-refractivity contribution in [3.05, 3.63) is 34.5 Å². The van der Waals surface area contributed by atoms with E-state index in [1.54, 1.807) is 0 Å². The topological polar surface area (TPSA) is 77.6 Å². The van der Waals surface area contributed by atoms with Gasteiger partial charge in [-0.3, -0.25) is 9.69 Å². The molecule has 2 N–H and O–H groups in total. The molecule has 0 radical (unpaired) electrons. The van der Waals surface area contributed by atoms with Gasteiger partial charge in [0.15, 0.2) is 0 Å². The molecule has 0 saturated carbocycles. The fourth-order valence-corrected chi connectivity index (χ4v) is 4.86. The second kappa shape index (κ2) is 11.5. The number of esters is 1. The highest BCUT2D eigenvalue weighted by Gasteiger charge is 2.20. The van der Waals surface area contributed by atoms with Gasteiger partial charge in [-0.25, -0.2) is 4.79 Å². The molecule has 1 aromatic carbocycles. The number of piperidine rings is 1. The third-order valence-corrected chi connectivity index (χ3v) is 6.73. The molecule has 1 amide bonds. The Balaban J connectivity index is 1.82. The average molecular weight is 442 g/mol. The number of hydrogen-bond donors (Lipinski definition) is 1. The number of likely N-dealkylation sites (tertiary alicyclic amines) is 1. The van der Waals surface area contributed by atoms with Gasteiger partial charge in [-0.15, -0.1) is 0 Å². The van der Waals surface area contributed by atoms with Crippen molar-refractivity contribution in [1.82, 2.24) is 9.47 Å². The standard InChI is InChI=1S/C26H39N3O3/c1-4-5-7-10-23-20(11-12-25(27)30)22-17-19(2)21(18-24(22)28(23)3)26(31)32-16-15-29-13-8-6-9-14-29/h17-18H,4-16H2,1-3H3,(H2,27,30). The van der Waals surface area contributed by atoms with Crippen LogP contribution < -0.4 is 5.73 Å². The SMILES string of the molecule is CCCCCc1c(CCC(N)=O)c2cc(C)c(C(=O)OCCN3CCCCC3)cc2n1C. The predicted molar refractivity (Wildman–Crippen MR) is 129 cm³/mol. The van der Waals surface area contributed by atoms with Crippen LogP contribution in [0, 0.1) is 6.92 Å². The molecule has 0 spiro atoms. The Bertz CT molecular complexity index is 942. The number of primary amides is 1. The number of aromatic nitrogens is 1. The fourth-order valence-electron chi connectivity index (χ4n) is 4.86. The summed E-state index contributed by atoms with van der Waals surface area (Å²) in [5.74, 6) is -0.541. The summed E-state index contributed by atoms with van der Waals surface area (Å²) in [6, 6.07) is 4.04. The van der Waals surface area contributed by atoms with Crippen LogP contribution in [0.1, 0.15) is 79.0 Å². The minimum Gasteiger partial charge on any atom is -0.461 e. The van der Waals surface area contributed by atoms with E-state index in [4.69, 9.17) is 10.5 Å². The molecule has 1 aliphatic rings. The van der Waals surface area contributed by atoms with Crippen molar-refractivity contribution >= 4 is 22.8 Å². The predicted octanol–water partition coefficient (Wildman–Crippen LogP) is 4.28. The van der Waals surface area contributed by atoms with E-state index in [2.05, 4.69) is 29.5 Å². The molecule has 1 fully saturated rings. The normalized spacial score (nSPS) is 14.7. The summed E-state index contributed by atoms with van der Waals surface area (Å²) >= 11 is 0. The van der Waals surface area contributed by atoms with Crippen LogP contribution in [-0.4, -0.2) is 47.6 Å². The van der Waals surface area contributed by atoms with E-state index < -0.39 is 0 Å². The third-order valence-electron chi connectivity index (χ3n) is 6.73. The Labute approximate surface area is 192 Å². The van der Waals surface area contributed by atoms with Crippen LogP contribution in [0.25, 0.3) is 10.9 Å². The molecule has 2 aromatic rings. The first-order valence-electron chi connectivity index (χ1n) is 12.2. The summed E-state index contributed by atoms with van der Waals surface area (Å²) in [6.07, 6.45) is 9.13. The Morgan fingerprint density at radius 2 is 1.84 bits per heavy atom. The second-order valence-electron chi connectivity index (χ2n) is 9.13. The van der Waals surface area contributed by atoms with Gasteiger partial charge in [0, 0.05) is 36.6 Å². The summed E-state index contributed by atoms with van der Waals surface area (Å²) in [7, 11) is 2.05. The number of unbranched alkanes of at least 4 members (excludes halogenated alkanes) is 2. The van der Waals surface area contributed by atoms with Crippen LogP contribution >= 0.6 is 0 Å². The summed E-state index contributed by atoms with van der Waals surface area (Å²) in [5, 5.41) is 1.11. The van der Waals surface area contributed by atoms with Crippen molar-refractivity contribution < 1.29 is 14.3 Å². The maximum atomic E-state index is 12.9. The lowest BCUT2D eigenvalue weighted by Gasteiger charge is -2.25. The van der Waals surface area contributed by atoms with Gasteiger partial charge < -0.3 is 15.0 Å². The minimum atomic E-state index is -0.285. The highest BCUT2D eigenvalue weighted by molar-refractivity contribution is 5.98. The van der Waals surface area contributed by atoms with E-state index in [0.717, 1.165) is 55.4 Å². The van der Waals surface area contributed by atoms with E-state index in [-0.39, 0.29) is 11.9 Å². The van der Waals surface area contributed by atoms with Crippen molar-refractivity contribution in [3.63, 3.8) is 0 Å². The highest BCUT2D eigenvalue weighted by Crippen LogP contribution is 2.31. The quantitative estimate of drug-likeness (QED) is 0.417. The number of fused-ring (bicyclic) bond motifs is 1. The largest absolute Gasteiger partial charge is 0.461 e. The smallest absolute Gasteiger partial charge is 0.338 e. The molecule has 6 heteroatoms. The number of ether oxygens (including phenoxy) is 1. The zero-order valence-corrected chi connectivity index (χ0v) is 20.0. The Hall–Kier alpha value is -2.34.